The molecule has 1 aromatic rings. The molecule has 0 radical (unpaired) electrons. The first-order chi connectivity index (χ1) is 8.45. The lowest BCUT2D eigenvalue weighted by molar-refractivity contribution is 0.406. The Morgan fingerprint density at radius 2 is 2.06 bits per heavy atom. The number of hydrogen-bond donors (Lipinski definition) is 1. The number of aromatic nitrogens is 1. The number of pyridine rings is 1. The third-order valence-corrected chi connectivity index (χ3v) is 3.22. The molecule has 2 unspecified atom stereocenters. The van der Waals surface area contributed by atoms with E-state index in [-0.39, 0.29) is 5.38 Å². The molecule has 1 heterocycles. The number of nitrogens with zero attached hydrogens (tertiary/aromatic N) is 1. The van der Waals surface area contributed by atoms with Crippen LogP contribution in [0.3, 0.4) is 0 Å². The van der Waals surface area contributed by atoms with Crippen LogP contribution in [-0.2, 0) is 6.54 Å². The summed E-state index contributed by atoms with van der Waals surface area (Å²) in [5.41, 5.74) is 3.21. The number of methoxy groups -OCH3 is 1. The molecule has 0 aliphatic rings. The predicted molar refractivity (Wildman–Crippen MR) is 76.5 cm³/mol. The Labute approximate surface area is 115 Å². The fraction of sp³-hybridized carbons (Fsp3) is 0.643. The highest BCUT2D eigenvalue weighted by Crippen LogP contribution is 2.23. The first kappa shape index (κ1) is 15.3. The molecule has 0 amide bonds. The minimum atomic E-state index is 0.189. The molecule has 1 aromatic heterocycles. The Morgan fingerprint density at radius 1 is 1.39 bits per heavy atom. The molecule has 0 aliphatic heterocycles. The van der Waals surface area contributed by atoms with Gasteiger partial charge in [-0.15, -0.1) is 11.6 Å². The average Bonchev–Trinajstić information content (AvgIpc) is 2.27. The molecular weight excluding hydrogens is 248 g/mol. The number of aryl methyl sites for hydroxylation is 1. The van der Waals surface area contributed by atoms with E-state index >= 15 is 0 Å². The molecule has 0 fully saturated rings. The number of rotatable bonds is 6. The standard InChI is InChI=1S/C14H23ClN2O/c1-9-7-17-13(12(4)14(9)18-5)8-16-11(3)6-10(2)15/h7,10-11,16H,6,8H2,1-5H3. The molecule has 1 rings (SSSR count). The van der Waals surface area contributed by atoms with Crippen LogP contribution in [0, 0.1) is 13.8 Å². The highest BCUT2D eigenvalue weighted by molar-refractivity contribution is 6.20. The van der Waals surface area contributed by atoms with Gasteiger partial charge in [0.15, 0.2) is 0 Å². The molecule has 0 saturated heterocycles. The number of alkyl halides is 1. The van der Waals surface area contributed by atoms with Gasteiger partial charge >= 0.3 is 0 Å². The van der Waals surface area contributed by atoms with Crippen LogP contribution in [-0.4, -0.2) is 23.5 Å². The molecule has 0 spiro atoms. The van der Waals surface area contributed by atoms with Crippen LogP contribution >= 0.6 is 11.6 Å². The Morgan fingerprint density at radius 3 is 2.61 bits per heavy atom. The van der Waals surface area contributed by atoms with Crippen LogP contribution < -0.4 is 10.1 Å². The van der Waals surface area contributed by atoms with Crippen LogP contribution in [0.2, 0.25) is 0 Å². The van der Waals surface area contributed by atoms with E-state index in [4.69, 9.17) is 16.3 Å². The zero-order valence-corrected chi connectivity index (χ0v) is 12.6. The third-order valence-electron chi connectivity index (χ3n) is 3.05. The van der Waals surface area contributed by atoms with Crippen LogP contribution in [0.5, 0.6) is 5.75 Å². The molecule has 0 saturated carbocycles. The zero-order chi connectivity index (χ0) is 13.7. The van der Waals surface area contributed by atoms with E-state index in [1.54, 1.807) is 7.11 Å². The van der Waals surface area contributed by atoms with Crippen molar-refractivity contribution >= 4 is 11.6 Å². The Balaban J connectivity index is 2.68. The molecule has 1 N–H and O–H groups in total. The van der Waals surface area contributed by atoms with Gasteiger partial charge in [0.05, 0.1) is 12.8 Å². The summed E-state index contributed by atoms with van der Waals surface area (Å²) in [5.74, 6) is 0.931. The lowest BCUT2D eigenvalue weighted by Crippen LogP contribution is -2.28. The number of nitrogens with one attached hydrogen (secondary N) is 1. The van der Waals surface area contributed by atoms with Crippen molar-refractivity contribution in [2.75, 3.05) is 7.11 Å². The molecule has 18 heavy (non-hydrogen) atoms. The van der Waals surface area contributed by atoms with Crippen LogP contribution in [0.15, 0.2) is 6.20 Å². The maximum atomic E-state index is 5.98. The van der Waals surface area contributed by atoms with Gasteiger partial charge in [-0.05, 0) is 34.1 Å². The zero-order valence-electron chi connectivity index (χ0n) is 11.9. The van der Waals surface area contributed by atoms with Gasteiger partial charge in [-0.2, -0.15) is 0 Å². The monoisotopic (exact) mass is 270 g/mol. The number of hydrogen-bond acceptors (Lipinski definition) is 3. The van der Waals surface area contributed by atoms with Crippen molar-refractivity contribution in [3.63, 3.8) is 0 Å². The fourth-order valence-corrected chi connectivity index (χ4v) is 2.36. The summed E-state index contributed by atoms with van der Waals surface area (Å²) in [7, 11) is 1.70. The maximum Gasteiger partial charge on any atom is 0.128 e. The second-order valence-corrected chi connectivity index (χ2v) is 5.59. The van der Waals surface area contributed by atoms with Crippen molar-refractivity contribution in [3.8, 4) is 5.75 Å². The summed E-state index contributed by atoms with van der Waals surface area (Å²) >= 11 is 5.98. The van der Waals surface area contributed by atoms with Crippen molar-refractivity contribution in [1.29, 1.82) is 0 Å². The van der Waals surface area contributed by atoms with Gasteiger partial charge in [-0.1, -0.05) is 0 Å². The van der Waals surface area contributed by atoms with Gasteiger partial charge < -0.3 is 10.1 Å². The SMILES string of the molecule is COc1c(C)cnc(CNC(C)CC(C)Cl)c1C. The maximum absolute atomic E-state index is 5.98. The topological polar surface area (TPSA) is 34.1 Å². The molecular formula is C14H23ClN2O. The molecule has 3 nitrogen and oxygen atoms in total. The fourth-order valence-electron chi connectivity index (χ4n) is 2.09. The average molecular weight is 271 g/mol. The molecule has 0 aliphatic carbocycles. The second-order valence-electron chi connectivity index (χ2n) is 4.84. The minimum Gasteiger partial charge on any atom is -0.496 e. The van der Waals surface area contributed by atoms with E-state index in [2.05, 4.69) is 17.2 Å². The van der Waals surface area contributed by atoms with Gasteiger partial charge in [0.2, 0.25) is 0 Å². The Kier molecular flexibility index (Phi) is 5.89. The highest BCUT2D eigenvalue weighted by atomic mass is 35.5. The van der Waals surface area contributed by atoms with E-state index in [0.717, 1.165) is 35.5 Å². The molecule has 102 valence electrons. The lowest BCUT2D eigenvalue weighted by Gasteiger charge is -2.17. The second kappa shape index (κ2) is 6.95. The normalized spacial score (nSPS) is 14.3. The Hall–Kier alpha value is -0.800. The quantitative estimate of drug-likeness (QED) is 0.806. The molecule has 4 heteroatoms. The van der Waals surface area contributed by atoms with E-state index in [9.17, 15) is 0 Å². The first-order valence-electron chi connectivity index (χ1n) is 6.32. The predicted octanol–water partition coefficient (Wildman–Crippen LogP) is 3.20. The van der Waals surface area contributed by atoms with E-state index < -0.39 is 0 Å². The summed E-state index contributed by atoms with van der Waals surface area (Å²) in [6.45, 7) is 8.95. The number of ether oxygens (including phenoxy) is 1. The van der Waals surface area contributed by atoms with Crippen LogP contribution in [0.25, 0.3) is 0 Å². The smallest absolute Gasteiger partial charge is 0.128 e. The highest BCUT2D eigenvalue weighted by Gasteiger charge is 2.11. The summed E-state index contributed by atoms with van der Waals surface area (Å²) in [6, 6.07) is 0.381. The van der Waals surface area contributed by atoms with Gasteiger partial charge in [0.1, 0.15) is 5.75 Å². The minimum absolute atomic E-state index is 0.189. The summed E-state index contributed by atoms with van der Waals surface area (Å²) in [4.78, 5) is 4.46. The van der Waals surface area contributed by atoms with Gasteiger partial charge in [0, 0.05) is 35.3 Å². The van der Waals surface area contributed by atoms with Crippen LogP contribution in [0.1, 0.15) is 37.1 Å². The van der Waals surface area contributed by atoms with Crippen LogP contribution in [0.4, 0.5) is 0 Å². The first-order valence-corrected chi connectivity index (χ1v) is 6.75. The largest absolute Gasteiger partial charge is 0.496 e. The lowest BCUT2D eigenvalue weighted by atomic mass is 10.1. The Bertz CT molecular complexity index is 394. The summed E-state index contributed by atoms with van der Waals surface area (Å²) < 4.78 is 5.40. The van der Waals surface area contributed by atoms with Crippen molar-refractivity contribution in [3.05, 3.63) is 23.0 Å². The van der Waals surface area contributed by atoms with Crippen molar-refractivity contribution in [2.24, 2.45) is 0 Å². The van der Waals surface area contributed by atoms with Crippen molar-refractivity contribution < 1.29 is 4.74 Å². The third kappa shape index (κ3) is 4.14. The van der Waals surface area contributed by atoms with E-state index in [1.165, 1.54) is 0 Å². The molecule has 0 aromatic carbocycles. The summed E-state index contributed by atoms with van der Waals surface area (Å²) in [5, 5.41) is 3.63. The van der Waals surface area contributed by atoms with Gasteiger partial charge in [-0.25, -0.2) is 0 Å². The van der Waals surface area contributed by atoms with Crippen molar-refractivity contribution in [1.82, 2.24) is 10.3 Å². The molecule has 2 atom stereocenters. The van der Waals surface area contributed by atoms with Crippen molar-refractivity contribution in [2.45, 2.75) is 52.1 Å². The number of halogens is 1. The summed E-state index contributed by atoms with van der Waals surface area (Å²) in [6.07, 6.45) is 2.81. The van der Waals surface area contributed by atoms with E-state index in [1.807, 2.05) is 27.0 Å². The molecule has 0 bridgehead atoms. The van der Waals surface area contributed by atoms with Gasteiger partial charge in [-0.3, -0.25) is 4.98 Å². The van der Waals surface area contributed by atoms with Gasteiger partial charge in [0.25, 0.3) is 0 Å². The van der Waals surface area contributed by atoms with E-state index in [0.29, 0.717) is 6.04 Å².